The lowest BCUT2D eigenvalue weighted by atomic mass is 9.86. The molecule has 0 saturated heterocycles. The molecule has 1 saturated carbocycles. The third-order valence-electron chi connectivity index (χ3n) is 6.56. The van der Waals surface area contributed by atoms with Gasteiger partial charge in [-0.15, -0.1) is 11.6 Å². The van der Waals surface area contributed by atoms with Crippen LogP contribution in [-0.2, 0) is 8.85 Å². The number of halogens is 1. The van der Waals surface area contributed by atoms with Crippen molar-refractivity contribution in [1.82, 2.24) is 0 Å². The molecule has 0 heterocycles. The molecule has 1 aliphatic rings. The van der Waals surface area contributed by atoms with Crippen LogP contribution in [0.4, 0.5) is 0 Å². The van der Waals surface area contributed by atoms with Crippen LogP contribution in [-0.4, -0.2) is 34.7 Å². The summed E-state index contributed by atoms with van der Waals surface area (Å²) < 4.78 is 13.5. The Morgan fingerprint density at radius 3 is 1.88 bits per heavy atom. The highest BCUT2D eigenvalue weighted by Crippen LogP contribution is 2.43. The van der Waals surface area contributed by atoms with Gasteiger partial charge in [0.2, 0.25) is 0 Å². The maximum atomic E-state index is 6.75. The van der Waals surface area contributed by atoms with Crippen molar-refractivity contribution in [3.63, 3.8) is 0 Å². The lowest BCUT2D eigenvalue weighted by molar-refractivity contribution is 0.0969. The van der Waals surface area contributed by atoms with Crippen LogP contribution in [0.1, 0.15) is 54.4 Å². The van der Waals surface area contributed by atoms with E-state index in [1.807, 2.05) is 0 Å². The third kappa shape index (κ3) is 5.81. The van der Waals surface area contributed by atoms with Crippen molar-refractivity contribution >= 4 is 28.2 Å². The number of allylic oxidation sites excluding steroid dienone is 1. The van der Waals surface area contributed by atoms with E-state index in [1.54, 1.807) is 0 Å². The van der Waals surface area contributed by atoms with Crippen molar-refractivity contribution in [3.05, 3.63) is 23.8 Å². The van der Waals surface area contributed by atoms with Crippen LogP contribution >= 0.6 is 11.6 Å². The van der Waals surface area contributed by atoms with Gasteiger partial charge >= 0.3 is 0 Å². The smallest absolute Gasteiger partial charge is 0.192 e. The average molecular weight is 417 g/mol. The highest BCUT2D eigenvalue weighted by Gasteiger charge is 2.44. The predicted molar refractivity (Wildman–Crippen MR) is 121 cm³/mol. The average Bonchev–Trinajstić information content (AvgIpc) is 2.40. The van der Waals surface area contributed by atoms with E-state index in [2.05, 4.69) is 80.4 Å². The zero-order chi connectivity index (χ0) is 20.6. The van der Waals surface area contributed by atoms with Crippen molar-refractivity contribution in [2.75, 3.05) is 5.88 Å². The summed E-state index contributed by atoms with van der Waals surface area (Å²) in [5.74, 6) is 0.508. The van der Waals surface area contributed by atoms with Gasteiger partial charge < -0.3 is 8.85 Å². The predicted octanol–water partition coefficient (Wildman–Crippen LogP) is 7.28. The van der Waals surface area contributed by atoms with Crippen LogP contribution in [0, 0.1) is 0 Å². The first-order chi connectivity index (χ1) is 11.5. The van der Waals surface area contributed by atoms with Crippen molar-refractivity contribution in [1.29, 1.82) is 0 Å². The summed E-state index contributed by atoms with van der Waals surface area (Å²) in [5.41, 5.74) is 2.32. The molecular weight excluding hydrogens is 376 g/mol. The first-order valence-corrected chi connectivity index (χ1v) is 16.2. The van der Waals surface area contributed by atoms with Gasteiger partial charge in [0.05, 0.1) is 12.2 Å². The van der Waals surface area contributed by atoms with E-state index in [0.29, 0.717) is 5.88 Å². The summed E-state index contributed by atoms with van der Waals surface area (Å²) in [7, 11) is -3.70. The fraction of sp³-hybridized carbons (Fsp3) is 0.810. The van der Waals surface area contributed by atoms with Crippen molar-refractivity contribution in [2.45, 2.75) is 103 Å². The van der Waals surface area contributed by atoms with Crippen molar-refractivity contribution in [3.8, 4) is 0 Å². The second-order valence-corrected chi connectivity index (χ2v) is 20.5. The Hall–Kier alpha value is 0.124. The summed E-state index contributed by atoms with van der Waals surface area (Å²) in [6, 6.07) is 0. The fourth-order valence-corrected chi connectivity index (χ4v) is 5.55. The molecule has 2 nitrogen and oxygen atoms in total. The van der Waals surface area contributed by atoms with Gasteiger partial charge in [0, 0.05) is 12.3 Å². The van der Waals surface area contributed by atoms with Gasteiger partial charge in [-0.2, -0.15) is 0 Å². The Bertz CT molecular complexity index is 539. The largest absolute Gasteiger partial charge is 0.413 e. The summed E-state index contributed by atoms with van der Waals surface area (Å²) in [6.07, 6.45) is 4.11. The third-order valence-corrected chi connectivity index (χ3v) is 15.7. The van der Waals surface area contributed by atoms with Crippen molar-refractivity contribution in [2.24, 2.45) is 0 Å². The molecule has 0 N–H and O–H groups in total. The lowest BCUT2D eigenvalue weighted by Gasteiger charge is -2.45. The molecule has 0 aromatic carbocycles. The second kappa shape index (κ2) is 8.24. The minimum Gasteiger partial charge on any atom is -0.413 e. The van der Waals surface area contributed by atoms with Gasteiger partial charge in [0.15, 0.2) is 16.6 Å². The molecule has 26 heavy (non-hydrogen) atoms. The van der Waals surface area contributed by atoms with Crippen LogP contribution in [0.3, 0.4) is 0 Å². The molecule has 0 aromatic heterocycles. The molecule has 1 rings (SSSR count). The van der Waals surface area contributed by atoms with Gasteiger partial charge in [-0.25, -0.2) is 0 Å². The maximum absolute atomic E-state index is 6.75. The number of alkyl halides is 1. The monoisotopic (exact) mass is 416 g/mol. The topological polar surface area (TPSA) is 18.5 Å². The molecule has 1 aliphatic carbocycles. The Morgan fingerprint density at radius 2 is 1.46 bits per heavy atom. The highest BCUT2D eigenvalue weighted by molar-refractivity contribution is 6.74. The number of hydrogen-bond donors (Lipinski definition) is 0. The Balaban J connectivity index is 3.08. The molecule has 0 bridgehead atoms. The molecule has 152 valence electrons. The molecule has 0 amide bonds. The number of rotatable bonds is 5. The van der Waals surface area contributed by atoms with Crippen LogP contribution in [0.25, 0.3) is 0 Å². The Morgan fingerprint density at radius 1 is 1.00 bits per heavy atom. The zero-order valence-electron chi connectivity index (χ0n) is 18.8. The summed E-state index contributed by atoms with van der Waals surface area (Å²) >= 11 is 6.03. The fourth-order valence-electron chi connectivity index (χ4n) is 2.69. The quantitative estimate of drug-likeness (QED) is 0.346. The van der Waals surface area contributed by atoms with E-state index in [9.17, 15) is 0 Å². The number of hydrogen-bond acceptors (Lipinski definition) is 2. The normalized spacial score (nSPS) is 25.0. The van der Waals surface area contributed by atoms with Crippen LogP contribution in [0.5, 0.6) is 0 Å². The minimum atomic E-state index is -1.88. The van der Waals surface area contributed by atoms with E-state index in [-0.39, 0.29) is 22.3 Å². The zero-order valence-corrected chi connectivity index (χ0v) is 21.5. The first-order valence-electron chi connectivity index (χ1n) is 9.81. The van der Waals surface area contributed by atoms with Crippen LogP contribution in [0.2, 0.25) is 36.3 Å². The molecule has 0 unspecified atom stereocenters. The highest BCUT2D eigenvalue weighted by atomic mass is 35.5. The Labute approximate surface area is 169 Å². The van der Waals surface area contributed by atoms with Gasteiger partial charge in [0.1, 0.15) is 0 Å². The first kappa shape index (κ1) is 24.2. The molecule has 0 aromatic rings. The standard InChI is InChI=1S/C21H41ClO2Si2/c1-16-17(12-13-22)14-18(23-25(8,9)20(2,3)4)15-19(16)24-26(10,11)21(5,6)7/h12,18-19H,1,13-15H2,2-11H3/b17-12+/t18-,19-/m1/s1. The molecular formula is C21H41ClO2Si2. The second-order valence-electron chi connectivity index (χ2n) is 10.7. The lowest BCUT2D eigenvalue weighted by Crippen LogP contribution is -2.49. The Kier molecular flexibility index (Phi) is 7.66. The molecule has 0 spiro atoms. The SMILES string of the molecule is C=C1/C(=C/CCl)C[C@@H](O[Si](C)(C)C(C)(C)C)C[C@H]1O[Si](C)(C)C(C)(C)C. The molecule has 5 heteroatoms. The van der Waals surface area contributed by atoms with E-state index in [4.69, 9.17) is 20.5 Å². The molecule has 0 aliphatic heterocycles. The molecule has 0 radical (unpaired) electrons. The van der Waals surface area contributed by atoms with E-state index in [0.717, 1.165) is 18.4 Å². The summed E-state index contributed by atoms with van der Waals surface area (Å²) in [4.78, 5) is 0. The summed E-state index contributed by atoms with van der Waals surface area (Å²) in [5, 5.41) is 0.379. The van der Waals surface area contributed by atoms with Crippen LogP contribution < -0.4 is 0 Å². The van der Waals surface area contributed by atoms with Gasteiger partial charge in [0.25, 0.3) is 0 Å². The minimum absolute atomic E-state index is 0.0360. The van der Waals surface area contributed by atoms with E-state index < -0.39 is 16.6 Å². The van der Waals surface area contributed by atoms with Gasteiger partial charge in [-0.1, -0.05) is 54.2 Å². The van der Waals surface area contributed by atoms with Gasteiger partial charge in [-0.3, -0.25) is 0 Å². The molecule has 1 fully saturated rings. The van der Waals surface area contributed by atoms with E-state index >= 15 is 0 Å². The van der Waals surface area contributed by atoms with Crippen LogP contribution in [0.15, 0.2) is 23.8 Å². The molecule has 2 atom stereocenters. The van der Waals surface area contributed by atoms with Gasteiger partial charge in [-0.05, 0) is 53.8 Å². The van der Waals surface area contributed by atoms with E-state index in [1.165, 1.54) is 5.57 Å². The summed E-state index contributed by atoms with van der Waals surface area (Å²) in [6.45, 7) is 27.4. The van der Waals surface area contributed by atoms with Crippen molar-refractivity contribution < 1.29 is 8.85 Å². The maximum Gasteiger partial charge on any atom is 0.192 e.